The summed E-state index contributed by atoms with van der Waals surface area (Å²) in [4.78, 5) is 24.4. The van der Waals surface area contributed by atoms with E-state index in [0.717, 1.165) is 11.1 Å². The van der Waals surface area contributed by atoms with Crippen LogP contribution in [0.5, 0.6) is 0 Å². The fourth-order valence-electron chi connectivity index (χ4n) is 2.30. The van der Waals surface area contributed by atoms with Gasteiger partial charge in [0.25, 0.3) is 5.91 Å². The normalized spacial score (nSPS) is 10.2. The van der Waals surface area contributed by atoms with Gasteiger partial charge in [-0.25, -0.2) is 4.79 Å². The maximum atomic E-state index is 12.4. The summed E-state index contributed by atoms with van der Waals surface area (Å²) in [6.07, 6.45) is 0. The van der Waals surface area contributed by atoms with Crippen molar-refractivity contribution in [1.82, 2.24) is 0 Å². The fraction of sp³-hybridized carbons (Fsp3) is 0.0526. The molecule has 0 saturated carbocycles. The van der Waals surface area contributed by atoms with Crippen LogP contribution in [0.4, 0.5) is 5.69 Å². The number of ether oxygens (including phenoxy) is 1. The Morgan fingerprint density at radius 1 is 0.917 bits per heavy atom. The Morgan fingerprint density at radius 3 is 2.25 bits per heavy atom. The van der Waals surface area contributed by atoms with Gasteiger partial charge in [-0.3, -0.25) is 4.79 Å². The predicted octanol–water partition coefficient (Wildman–Crippen LogP) is 4.45. The number of nitrogens with one attached hydrogen (secondary N) is 1. The van der Waals surface area contributed by atoms with E-state index in [1.54, 1.807) is 23.6 Å². The molecule has 4 nitrogen and oxygen atoms in total. The van der Waals surface area contributed by atoms with Crippen molar-refractivity contribution >= 4 is 28.9 Å². The van der Waals surface area contributed by atoms with Crippen molar-refractivity contribution in [3.05, 3.63) is 76.5 Å². The second-order valence-corrected chi connectivity index (χ2v) is 5.97. The number of rotatable bonds is 4. The Balaban J connectivity index is 1.77. The Morgan fingerprint density at radius 2 is 1.58 bits per heavy atom. The van der Waals surface area contributed by atoms with Crippen LogP contribution in [0.1, 0.15) is 20.0 Å². The molecule has 3 aromatic rings. The van der Waals surface area contributed by atoms with Gasteiger partial charge < -0.3 is 10.1 Å². The molecule has 5 heteroatoms. The SMILES string of the molecule is COC(=O)c1sccc1NC(=O)c1ccc(-c2ccccc2)cc1. The molecule has 120 valence electrons. The lowest BCUT2D eigenvalue weighted by Crippen LogP contribution is -2.13. The largest absolute Gasteiger partial charge is 0.465 e. The number of carbonyl (C=O) groups is 2. The van der Waals surface area contributed by atoms with E-state index in [0.29, 0.717) is 16.1 Å². The first kappa shape index (κ1) is 16.0. The highest BCUT2D eigenvalue weighted by Crippen LogP contribution is 2.24. The third-order valence-electron chi connectivity index (χ3n) is 3.54. The van der Waals surface area contributed by atoms with Crippen molar-refractivity contribution in [3.8, 4) is 11.1 Å². The average Bonchev–Trinajstić information content (AvgIpc) is 3.10. The standard InChI is InChI=1S/C19H15NO3S/c1-23-19(22)17-16(11-12-24-17)20-18(21)15-9-7-14(8-10-15)13-5-3-2-4-6-13/h2-12H,1H3,(H,20,21). The summed E-state index contributed by atoms with van der Waals surface area (Å²) in [6.45, 7) is 0. The number of carbonyl (C=O) groups excluding carboxylic acids is 2. The topological polar surface area (TPSA) is 55.4 Å². The van der Waals surface area contributed by atoms with E-state index < -0.39 is 5.97 Å². The highest BCUT2D eigenvalue weighted by Gasteiger charge is 2.16. The second-order valence-electron chi connectivity index (χ2n) is 5.05. The van der Waals surface area contributed by atoms with Crippen molar-refractivity contribution in [2.45, 2.75) is 0 Å². The molecular weight excluding hydrogens is 322 g/mol. The Bertz CT molecular complexity index is 854. The minimum Gasteiger partial charge on any atom is -0.465 e. The summed E-state index contributed by atoms with van der Waals surface area (Å²) >= 11 is 1.23. The van der Waals surface area contributed by atoms with Crippen LogP contribution in [0.3, 0.4) is 0 Å². The summed E-state index contributed by atoms with van der Waals surface area (Å²) in [5.41, 5.74) is 3.12. The molecule has 0 unspecified atom stereocenters. The van der Waals surface area contributed by atoms with E-state index in [1.165, 1.54) is 18.4 Å². The minimum absolute atomic E-state index is 0.266. The van der Waals surface area contributed by atoms with Crippen LogP contribution in [0.15, 0.2) is 66.0 Å². The van der Waals surface area contributed by atoms with Gasteiger partial charge in [-0.2, -0.15) is 0 Å². The first-order chi connectivity index (χ1) is 11.7. The molecule has 3 rings (SSSR count). The third kappa shape index (κ3) is 3.36. The number of anilines is 1. The molecule has 0 spiro atoms. The van der Waals surface area contributed by atoms with Gasteiger partial charge in [0.2, 0.25) is 0 Å². The fourth-order valence-corrected chi connectivity index (χ4v) is 3.06. The van der Waals surface area contributed by atoms with Gasteiger partial charge in [-0.05, 0) is 34.7 Å². The number of amides is 1. The highest BCUT2D eigenvalue weighted by atomic mass is 32.1. The lowest BCUT2D eigenvalue weighted by atomic mass is 10.0. The van der Waals surface area contributed by atoms with Crippen LogP contribution < -0.4 is 5.32 Å². The molecule has 2 aromatic carbocycles. The van der Waals surface area contributed by atoms with Gasteiger partial charge in [0.1, 0.15) is 4.88 Å². The van der Waals surface area contributed by atoms with Crippen LogP contribution in [0, 0.1) is 0 Å². The van der Waals surface area contributed by atoms with Gasteiger partial charge in [0.05, 0.1) is 12.8 Å². The molecule has 24 heavy (non-hydrogen) atoms. The summed E-state index contributed by atoms with van der Waals surface area (Å²) < 4.78 is 4.71. The molecule has 0 bridgehead atoms. The van der Waals surface area contributed by atoms with Crippen molar-refractivity contribution in [2.75, 3.05) is 12.4 Å². The van der Waals surface area contributed by atoms with Crippen molar-refractivity contribution in [2.24, 2.45) is 0 Å². The quantitative estimate of drug-likeness (QED) is 0.715. The van der Waals surface area contributed by atoms with E-state index >= 15 is 0 Å². The van der Waals surface area contributed by atoms with Crippen LogP contribution in [0.25, 0.3) is 11.1 Å². The lowest BCUT2D eigenvalue weighted by Gasteiger charge is -2.07. The summed E-state index contributed by atoms with van der Waals surface area (Å²) in [6, 6.07) is 19.0. The van der Waals surface area contributed by atoms with Crippen LogP contribution in [-0.2, 0) is 4.74 Å². The van der Waals surface area contributed by atoms with Crippen LogP contribution in [-0.4, -0.2) is 19.0 Å². The Kier molecular flexibility index (Phi) is 4.72. The highest BCUT2D eigenvalue weighted by molar-refractivity contribution is 7.12. The zero-order valence-electron chi connectivity index (χ0n) is 13.0. The molecule has 0 aliphatic carbocycles. The zero-order chi connectivity index (χ0) is 16.9. The first-order valence-corrected chi connectivity index (χ1v) is 8.19. The minimum atomic E-state index is -0.459. The summed E-state index contributed by atoms with van der Waals surface area (Å²) in [5, 5.41) is 4.49. The summed E-state index contributed by atoms with van der Waals surface area (Å²) in [5.74, 6) is -0.724. The number of methoxy groups -OCH3 is 1. The molecule has 0 aliphatic heterocycles. The van der Waals surface area contributed by atoms with Crippen molar-refractivity contribution in [1.29, 1.82) is 0 Å². The van der Waals surface area contributed by atoms with Crippen molar-refractivity contribution in [3.63, 3.8) is 0 Å². The summed E-state index contributed by atoms with van der Waals surface area (Å²) in [7, 11) is 1.32. The number of benzene rings is 2. The number of thiophene rings is 1. The van der Waals surface area contributed by atoms with Gasteiger partial charge in [-0.15, -0.1) is 11.3 Å². The van der Waals surface area contributed by atoms with Gasteiger partial charge in [0, 0.05) is 5.56 Å². The van der Waals surface area contributed by atoms with E-state index in [1.807, 2.05) is 42.5 Å². The number of hydrogen-bond donors (Lipinski definition) is 1. The Hall–Kier alpha value is -2.92. The maximum Gasteiger partial charge on any atom is 0.350 e. The van der Waals surface area contributed by atoms with Gasteiger partial charge in [-0.1, -0.05) is 42.5 Å². The van der Waals surface area contributed by atoms with Crippen LogP contribution >= 0.6 is 11.3 Å². The lowest BCUT2D eigenvalue weighted by molar-refractivity contribution is 0.0607. The maximum absolute atomic E-state index is 12.4. The average molecular weight is 337 g/mol. The van der Waals surface area contributed by atoms with E-state index in [4.69, 9.17) is 4.74 Å². The molecule has 0 atom stereocenters. The van der Waals surface area contributed by atoms with E-state index in [9.17, 15) is 9.59 Å². The first-order valence-electron chi connectivity index (χ1n) is 7.31. The predicted molar refractivity (Wildman–Crippen MR) is 95.5 cm³/mol. The second kappa shape index (κ2) is 7.10. The molecule has 1 N–H and O–H groups in total. The number of hydrogen-bond acceptors (Lipinski definition) is 4. The molecule has 0 aliphatic rings. The van der Waals surface area contributed by atoms with Crippen molar-refractivity contribution < 1.29 is 14.3 Å². The van der Waals surface area contributed by atoms with Gasteiger partial charge >= 0.3 is 5.97 Å². The molecule has 0 saturated heterocycles. The molecule has 0 radical (unpaired) electrons. The molecule has 1 aromatic heterocycles. The molecule has 1 amide bonds. The molecule has 0 fully saturated rings. The van der Waals surface area contributed by atoms with Gasteiger partial charge in [0.15, 0.2) is 0 Å². The number of esters is 1. The van der Waals surface area contributed by atoms with E-state index in [2.05, 4.69) is 5.32 Å². The Labute approximate surface area is 143 Å². The van der Waals surface area contributed by atoms with Crippen LogP contribution in [0.2, 0.25) is 0 Å². The molecule has 1 heterocycles. The zero-order valence-corrected chi connectivity index (χ0v) is 13.8. The third-order valence-corrected chi connectivity index (χ3v) is 4.43. The molecular formula is C19H15NO3S. The smallest absolute Gasteiger partial charge is 0.350 e. The van der Waals surface area contributed by atoms with E-state index in [-0.39, 0.29) is 5.91 Å². The monoisotopic (exact) mass is 337 g/mol.